The fourth-order valence-electron chi connectivity index (χ4n) is 1.90. The fourth-order valence-corrected chi connectivity index (χ4v) is 1.90. The van der Waals surface area contributed by atoms with Crippen molar-refractivity contribution in [1.82, 2.24) is 10.3 Å². The van der Waals surface area contributed by atoms with Crippen LogP contribution in [0.1, 0.15) is 15.9 Å². The number of benzene rings is 1. The number of hydrogen-bond acceptors (Lipinski definition) is 4. The van der Waals surface area contributed by atoms with Gasteiger partial charge in [0.2, 0.25) is 5.88 Å². The van der Waals surface area contributed by atoms with Crippen LogP contribution >= 0.6 is 0 Å². The van der Waals surface area contributed by atoms with Crippen LogP contribution in [0.2, 0.25) is 0 Å². The highest BCUT2D eigenvalue weighted by atomic mass is 19.4. The number of carbonyl (C=O) groups is 1. The second-order valence-corrected chi connectivity index (χ2v) is 5.21. The molecule has 0 atom stereocenters. The van der Waals surface area contributed by atoms with E-state index in [-0.39, 0.29) is 24.6 Å². The van der Waals surface area contributed by atoms with Gasteiger partial charge in [0.25, 0.3) is 5.91 Å². The summed E-state index contributed by atoms with van der Waals surface area (Å²) in [7, 11) is 0. The third-order valence-electron chi connectivity index (χ3n) is 3.03. The van der Waals surface area contributed by atoms with Gasteiger partial charge in [0.1, 0.15) is 12.4 Å². The minimum atomic E-state index is -4.44. The lowest BCUT2D eigenvalue weighted by Gasteiger charge is -2.09. The number of carbonyl (C=O) groups excluding carboxylic acids is 1. The second kappa shape index (κ2) is 8.36. The normalized spacial score (nSPS) is 11.0. The molecule has 0 spiro atoms. The second-order valence-electron chi connectivity index (χ2n) is 5.21. The lowest BCUT2D eigenvalue weighted by atomic mass is 10.2. The van der Waals surface area contributed by atoms with E-state index in [0.29, 0.717) is 5.75 Å². The van der Waals surface area contributed by atoms with E-state index in [9.17, 15) is 18.0 Å². The molecule has 1 amide bonds. The largest absolute Gasteiger partial charge is 0.492 e. The molecule has 2 rings (SSSR count). The van der Waals surface area contributed by atoms with Gasteiger partial charge in [0.15, 0.2) is 6.61 Å². The Labute approximate surface area is 142 Å². The van der Waals surface area contributed by atoms with Gasteiger partial charge in [-0.15, -0.1) is 0 Å². The number of nitrogens with zero attached hydrogens (tertiary/aromatic N) is 1. The molecule has 0 saturated carbocycles. The molecule has 1 aromatic heterocycles. The Kier molecular flexibility index (Phi) is 6.21. The van der Waals surface area contributed by atoms with Crippen LogP contribution in [0.4, 0.5) is 13.2 Å². The van der Waals surface area contributed by atoms with Gasteiger partial charge in [-0.3, -0.25) is 4.79 Å². The first-order chi connectivity index (χ1) is 11.8. The molecule has 0 radical (unpaired) electrons. The molecule has 0 saturated heterocycles. The van der Waals surface area contributed by atoms with E-state index in [1.54, 1.807) is 0 Å². The van der Waals surface area contributed by atoms with Crippen molar-refractivity contribution in [3.8, 4) is 11.6 Å². The first-order valence-corrected chi connectivity index (χ1v) is 7.47. The quantitative estimate of drug-likeness (QED) is 0.776. The van der Waals surface area contributed by atoms with E-state index in [1.165, 1.54) is 12.1 Å². The summed E-state index contributed by atoms with van der Waals surface area (Å²) in [6, 6.07) is 10.1. The highest BCUT2D eigenvalue weighted by molar-refractivity contribution is 5.93. The van der Waals surface area contributed by atoms with E-state index >= 15 is 0 Å². The minimum absolute atomic E-state index is 0.198. The van der Waals surface area contributed by atoms with Crippen LogP contribution in [-0.2, 0) is 0 Å². The van der Waals surface area contributed by atoms with Crippen molar-refractivity contribution >= 4 is 5.91 Å². The van der Waals surface area contributed by atoms with Gasteiger partial charge < -0.3 is 14.8 Å². The summed E-state index contributed by atoms with van der Waals surface area (Å²) in [4.78, 5) is 15.6. The molecule has 0 fully saturated rings. The predicted molar refractivity (Wildman–Crippen MR) is 84.8 cm³/mol. The maximum Gasteiger partial charge on any atom is 0.422 e. The highest BCUT2D eigenvalue weighted by Crippen LogP contribution is 2.17. The molecule has 2 aromatic rings. The third kappa shape index (κ3) is 6.70. The van der Waals surface area contributed by atoms with E-state index in [2.05, 4.69) is 15.0 Å². The summed E-state index contributed by atoms with van der Waals surface area (Å²) < 4.78 is 46.1. The molecule has 25 heavy (non-hydrogen) atoms. The Morgan fingerprint density at radius 3 is 2.64 bits per heavy atom. The van der Waals surface area contributed by atoms with E-state index in [1.807, 2.05) is 31.2 Å². The number of ether oxygens (including phenoxy) is 2. The van der Waals surface area contributed by atoms with Gasteiger partial charge in [-0.2, -0.15) is 13.2 Å². The maximum atomic E-state index is 12.0. The standard InChI is InChI=1S/C17H17F3N2O3/c1-12-3-2-4-14(9-12)24-8-7-21-16(23)13-5-6-15(22-10-13)25-11-17(18,19)20/h2-6,9-10H,7-8,11H2,1H3,(H,21,23). The van der Waals surface area contributed by atoms with Gasteiger partial charge in [-0.1, -0.05) is 12.1 Å². The summed E-state index contributed by atoms with van der Waals surface area (Å²) in [5.74, 6) is 0.112. The molecule has 0 aliphatic rings. The average molecular weight is 354 g/mol. The van der Waals surface area contributed by atoms with E-state index in [0.717, 1.165) is 11.8 Å². The van der Waals surface area contributed by atoms with Crippen LogP contribution in [-0.4, -0.2) is 36.8 Å². The topological polar surface area (TPSA) is 60.5 Å². The molecule has 8 heteroatoms. The SMILES string of the molecule is Cc1cccc(OCCNC(=O)c2ccc(OCC(F)(F)F)nc2)c1. The number of aromatic nitrogens is 1. The third-order valence-corrected chi connectivity index (χ3v) is 3.03. The first kappa shape index (κ1) is 18.6. The maximum absolute atomic E-state index is 12.0. The van der Waals surface area contributed by atoms with E-state index < -0.39 is 18.7 Å². The van der Waals surface area contributed by atoms with Crippen molar-refractivity contribution < 1.29 is 27.4 Å². The van der Waals surface area contributed by atoms with Crippen molar-refractivity contribution in [2.45, 2.75) is 13.1 Å². The molecule has 0 aliphatic carbocycles. The number of halogens is 3. The monoisotopic (exact) mass is 354 g/mol. The number of rotatable bonds is 7. The van der Waals surface area contributed by atoms with Gasteiger partial charge >= 0.3 is 6.18 Å². The van der Waals surface area contributed by atoms with Crippen LogP contribution in [0, 0.1) is 6.92 Å². The zero-order valence-electron chi connectivity index (χ0n) is 13.5. The van der Waals surface area contributed by atoms with Crippen LogP contribution in [0.5, 0.6) is 11.6 Å². The lowest BCUT2D eigenvalue weighted by Crippen LogP contribution is -2.28. The Balaban J connectivity index is 1.75. The van der Waals surface area contributed by atoms with Crippen LogP contribution in [0.15, 0.2) is 42.6 Å². The number of aryl methyl sites for hydroxylation is 1. The Morgan fingerprint density at radius 2 is 2.00 bits per heavy atom. The first-order valence-electron chi connectivity index (χ1n) is 7.47. The van der Waals surface area contributed by atoms with Crippen LogP contribution in [0.3, 0.4) is 0 Å². The summed E-state index contributed by atoms with van der Waals surface area (Å²) in [6.07, 6.45) is -3.28. The van der Waals surface area contributed by atoms with Gasteiger partial charge in [-0.25, -0.2) is 4.98 Å². The summed E-state index contributed by atoms with van der Waals surface area (Å²) in [6.45, 7) is 1.08. The van der Waals surface area contributed by atoms with Gasteiger partial charge in [-0.05, 0) is 30.7 Å². The molecule has 1 aromatic carbocycles. The zero-order chi connectivity index (χ0) is 18.3. The smallest absolute Gasteiger partial charge is 0.422 e. The molecular formula is C17H17F3N2O3. The predicted octanol–water partition coefficient (Wildman–Crippen LogP) is 3.14. The molecule has 0 aliphatic heterocycles. The van der Waals surface area contributed by atoms with Crippen molar-refractivity contribution in [1.29, 1.82) is 0 Å². The Hall–Kier alpha value is -2.77. The van der Waals surface area contributed by atoms with Crippen molar-refractivity contribution in [3.05, 3.63) is 53.7 Å². The number of alkyl halides is 3. The number of pyridine rings is 1. The molecular weight excluding hydrogens is 337 g/mol. The summed E-state index contributed by atoms with van der Waals surface area (Å²) in [5.41, 5.74) is 1.29. The highest BCUT2D eigenvalue weighted by Gasteiger charge is 2.28. The van der Waals surface area contributed by atoms with Crippen molar-refractivity contribution in [2.24, 2.45) is 0 Å². The molecule has 134 valence electrons. The van der Waals surface area contributed by atoms with Crippen molar-refractivity contribution in [3.63, 3.8) is 0 Å². The molecule has 0 bridgehead atoms. The van der Waals surface area contributed by atoms with Crippen LogP contribution < -0.4 is 14.8 Å². The van der Waals surface area contributed by atoms with E-state index in [4.69, 9.17) is 4.74 Å². The molecule has 1 heterocycles. The Bertz CT molecular complexity index is 703. The summed E-state index contributed by atoms with van der Waals surface area (Å²) >= 11 is 0. The van der Waals surface area contributed by atoms with Crippen LogP contribution in [0.25, 0.3) is 0 Å². The molecule has 1 N–H and O–H groups in total. The fraction of sp³-hybridized carbons (Fsp3) is 0.294. The minimum Gasteiger partial charge on any atom is -0.492 e. The Morgan fingerprint density at radius 1 is 1.20 bits per heavy atom. The summed E-state index contributed by atoms with van der Waals surface area (Å²) in [5, 5.41) is 2.63. The number of nitrogens with one attached hydrogen (secondary N) is 1. The number of hydrogen-bond donors (Lipinski definition) is 1. The molecule has 0 unspecified atom stereocenters. The average Bonchev–Trinajstić information content (AvgIpc) is 2.56. The lowest BCUT2D eigenvalue weighted by molar-refractivity contribution is -0.154. The van der Waals surface area contributed by atoms with Crippen molar-refractivity contribution in [2.75, 3.05) is 19.8 Å². The zero-order valence-corrected chi connectivity index (χ0v) is 13.5. The van der Waals surface area contributed by atoms with Gasteiger partial charge in [0, 0.05) is 12.3 Å². The van der Waals surface area contributed by atoms with Gasteiger partial charge in [0.05, 0.1) is 12.1 Å². The molecule has 5 nitrogen and oxygen atoms in total. The number of amides is 1.